The SMILES string of the molecule is COc1ccc(C(C)(c2ccc(N3COc4ccccc4C3)cc2)P2(=O)Oc3ccccc3-c3ccccc32)cc1OC. The van der Waals surface area contributed by atoms with Crippen molar-refractivity contribution in [1.82, 2.24) is 0 Å². The minimum absolute atomic E-state index is 0.453. The van der Waals surface area contributed by atoms with Gasteiger partial charge in [0.15, 0.2) is 18.2 Å². The van der Waals surface area contributed by atoms with Gasteiger partial charge in [-0.05, 0) is 66.1 Å². The fourth-order valence-electron chi connectivity index (χ4n) is 6.23. The Hall–Kier alpha value is -4.67. The first-order chi connectivity index (χ1) is 21.0. The van der Waals surface area contributed by atoms with Crippen LogP contribution in [0.1, 0.15) is 23.6 Å². The Labute approximate surface area is 251 Å². The predicted molar refractivity (Wildman–Crippen MR) is 170 cm³/mol. The molecule has 43 heavy (non-hydrogen) atoms. The lowest BCUT2D eigenvalue weighted by atomic mass is 9.91. The second kappa shape index (κ2) is 10.6. The summed E-state index contributed by atoms with van der Waals surface area (Å²) in [5.74, 6) is 2.69. The molecule has 0 fully saturated rings. The van der Waals surface area contributed by atoms with Gasteiger partial charge in [-0.2, -0.15) is 0 Å². The minimum Gasteiger partial charge on any atom is -0.493 e. The van der Waals surface area contributed by atoms with Gasteiger partial charge < -0.3 is 23.6 Å². The second-order valence-corrected chi connectivity index (χ2v) is 13.6. The Bertz CT molecular complexity index is 1870. The summed E-state index contributed by atoms with van der Waals surface area (Å²) >= 11 is 0. The van der Waals surface area contributed by atoms with Crippen LogP contribution in [0.5, 0.6) is 23.0 Å². The summed E-state index contributed by atoms with van der Waals surface area (Å²) in [6.45, 7) is 3.21. The monoisotopic (exact) mass is 589 g/mol. The molecule has 0 bridgehead atoms. The van der Waals surface area contributed by atoms with Gasteiger partial charge in [-0.15, -0.1) is 0 Å². The van der Waals surface area contributed by atoms with Crippen molar-refractivity contribution in [1.29, 1.82) is 0 Å². The van der Waals surface area contributed by atoms with Crippen molar-refractivity contribution < 1.29 is 23.3 Å². The molecule has 2 heterocycles. The van der Waals surface area contributed by atoms with Crippen molar-refractivity contribution in [2.45, 2.75) is 18.6 Å². The zero-order valence-electron chi connectivity index (χ0n) is 24.3. The van der Waals surface area contributed by atoms with E-state index in [4.69, 9.17) is 18.7 Å². The summed E-state index contributed by atoms with van der Waals surface area (Å²) in [5.41, 5.74) is 5.66. The highest BCUT2D eigenvalue weighted by Crippen LogP contribution is 2.69. The van der Waals surface area contributed by atoms with E-state index in [2.05, 4.69) is 35.2 Å². The maximum Gasteiger partial charge on any atom is 0.292 e. The van der Waals surface area contributed by atoms with Crippen molar-refractivity contribution in [3.8, 4) is 34.1 Å². The van der Waals surface area contributed by atoms with Crippen molar-refractivity contribution in [3.63, 3.8) is 0 Å². The predicted octanol–water partition coefficient (Wildman–Crippen LogP) is 7.99. The molecule has 0 N–H and O–H groups in total. The molecule has 2 aliphatic heterocycles. The Morgan fingerprint density at radius 3 is 2.14 bits per heavy atom. The van der Waals surface area contributed by atoms with E-state index >= 15 is 4.57 Å². The summed E-state index contributed by atoms with van der Waals surface area (Å²) in [7, 11) is -0.464. The highest BCUT2D eigenvalue weighted by molar-refractivity contribution is 7.69. The van der Waals surface area contributed by atoms with Crippen LogP contribution in [-0.4, -0.2) is 21.0 Å². The highest BCUT2D eigenvalue weighted by Gasteiger charge is 2.54. The first kappa shape index (κ1) is 27.2. The topological polar surface area (TPSA) is 57.2 Å². The largest absolute Gasteiger partial charge is 0.493 e. The molecule has 5 aromatic rings. The molecule has 7 rings (SSSR count). The van der Waals surface area contributed by atoms with Gasteiger partial charge in [0.2, 0.25) is 0 Å². The van der Waals surface area contributed by atoms with Crippen LogP contribution in [-0.2, 0) is 16.3 Å². The average Bonchev–Trinajstić information content (AvgIpc) is 3.07. The van der Waals surface area contributed by atoms with E-state index in [1.54, 1.807) is 14.2 Å². The molecular formula is C36H32NO5P. The highest BCUT2D eigenvalue weighted by atomic mass is 31.2. The fraction of sp³-hybridized carbons (Fsp3) is 0.167. The molecule has 0 radical (unpaired) electrons. The number of hydrogen-bond acceptors (Lipinski definition) is 6. The van der Waals surface area contributed by atoms with E-state index in [-0.39, 0.29) is 0 Å². The molecule has 0 saturated carbocycles. The third kappa shape index (κ3) is 4.28. The van der Waals surface area contributed by atoms with Gasteiger partial charge in [0.25, 0.3) is 7.37 Å². The quantitative estimate of drug-likeness (QED) is 0.187. The number of methoxy groups -OCH3 is 2. The van der Waals surface area contributed by atoms with Crippen LogP contribution in [0, 0.1) is 0 Å². The number of anilines is 1. The maximum absolute atomic E-state index is 15.8. The number of fused-ring (bicyclic) bond motifs is 4. The van der Waals surface area contributed by atoms with Crippen LogP contribution < -0.4 is 28.9 Å². The molecule has 2 atom stereocenters. The van der Waals surface area contributed by atoms with E-state index in [9.17, 15) is 0 Å². The maximum atomic E-state index is 15.8. The molecule has 2 aliphatic rings. The lowest BCUT2D eigenvalue weighted by Crippen LogP contribution is -2.35. The van der Waals surface area contributed by atoms with E-state index < -0.39 is 12.5 Å². The molecule has 7 heteroatoms. The Balaban J connectivity index is 1.39. The van der Waals surface area contributed by atoms with Gasteiger partial charge in [0, 0.05) is 23.4 Å². The van der Waals surface area contributed by atoms with E-state index in [1.807, 2.05) is 91.9 Å². The second-order valence-electron chi connectivity index (χ2n) is 10.9. The molecule has 5 aromatic carbocycles. The van der Waals surface area contributed by atoms with Crippen molar-refractivity contribution in [3.05, 3.63) is 132 Å². The first-order valence-electron chi connectivity index (χ1n) is 14.2. The Morgan fingerprint density at radius 1 is 0.721 bits per heavy atom. The van der Waals surface area contributed by atoms with Crippen LogP contribution in [0.2, 0.25) is 0 Å². The molecule has 0 saturated heterocycles. The van der Waals surface area contributed by atoms with Gasteiger partial charge in [-0.3, -0.25) is 4.57 Å². The van der Waals surface area contributed by atoms with Crippen LogP contribution in [0.3, 0.4) is 0 Å². The number of hydrogen-bond donors (Lipinski definition) is 0. The normalized spacial score (nSPS) is 18.2. The number of ether oxygens (including phenoxy) is 3. The molecular weight excluding hydrogens is 557 g/mol. The van der Waals surface area contributed by atoms with Crippen LogP contribution >= 0.6 is 7.37 Å². The van der Waals surface area contributed by atoms with Gasteiger partial charge in [0.1, 0.15) is 16.7 Å². The van der Waals surface area contributed by atoms with Crippen molar-refractivity contribution >= 4 is 18.4 Å². The van der Waals surface area contributed by atoms with Crippen LogP contribution in [0.25, 0.3) is 11.1 Å². The van der Waals surface area contributed by atoms with E-state index in [0.29, 0.717) is 29.3 Å². The average molecular weight is 590 g/mol. The minimum atomic E-state index is -3.68. The third-order valence-corrected chi connectivity index (χ3v) is 11.8. The molecule has 6 nitrogen and oxygen atoms in total. The van der Waals surface area contributed by atoms with E-state index in [0.717, 1.165) is 45.8 Å². The van der Waals surface area contributed by atoms with E-state index in [1.165, 1.54) is 0 Å². The van der Waals surface area contributed by atoms with Gasteiger partial charge >= 0.3 is 0 Å². The summed E-state index contributed by atoms with van der Waals surface area (Å²) in [4.78, 5) is 2.19. The molecule has 216 valence electrons. The van der Waals surface area contributed by atoms with Crippen LogP contribution in [0.15, 0.2) is 115 Å². The number of para-hydroxylation sites is 2. The third-order valence-electron chi connectivity index (χ3n) is 8.66. The molecule has 0 amide bonds. The Morgan fingerprint density at radius 2 is 1.37 bits per heavy atom. The smallest absolute Gasteiger partial charge is 0.292 e. The van der Waals surface area contributed by atoms with Crippen LogP contribution in [0.4, 0.5) is 5.69 Å². The number of rotatable bonds is 6. The lowest BCUT2D eigenvalue weighted by Gasteiger charge is -2.42. The Kier molecular flexibility index (Phi) is 6.67. The molecule has 0 aromatic heterocycles. The van der Waals surface area contributed by atoms with Crippen molar-refractivity contribution in [2.75, 3.05) is 25.9 Å². The summed E-state index contributed by atoms with van der Waals surface area (Å²) in [5, 5.41) is -0.393. The first-order valence-corrected chi connectivity index (χ1v) is 15.9. The van der Waals surface area contributed by atoms with Gasteiger partial charge in [-0.25, -0.2) is 0 Å². The number of nitrogens with zero attached hydrogens (tertiary/aromatic N) is 1. The molecule has 0 aliphatic carbocycles. The zero-order valence-corrected chi connectivity index (χ0v) is 25.2. The summed E-state index contributed by atoms with van der Waals surface area (Å²) in [6.07, 6.45) is 0. The lowest BCUT2D eigenvalue weighted by molar-refractivity contribution is 0.289. The summed E-state index contributed by atoms with van der Waals surface area (Å²) < 4.78 is 39.8. The zero-order chi connectivity index (χ0) is 29.6. The number of benzene rings is 5. The fourth-order valence-corrected chi connectivity index (χ4v) is 9.19. The summed E-state index contributed by atoms with van der Waals surface area (Å²) in [6, 6.07) is 37.7. The molecule has 0 spiro atoms. The van der Waals surface area contributed by atoms with Gasteiger partial charge in [0.05, 0.1) is 19.5 Å². The van der Waals surface area contributed by atoms with Gasteiger partial charge in [-0.1, -0.05) is 72.8 Å². The van der Waals surface area contributed by atoms with Crippen molar-refractivity contribution in [2.24, 2.45) is 0 Å². The standard InChI is InChI=1S/C36H32NO5P/c1-36(27-18-21-33(39-2)34(22-27)40-3,43(38)35-15-9-6-12-30(35)29-11-5-8-14-32(29)42-43)26-16-19-28(20-17-26)37-23-25-10-4-7-13-31(25)41-24-37/h4-22H,23-24H2,1-3H3. The molecule has 2 unspecified atom stereocenters.